The van der Waals surface area contributed by atoms with Crippen LogP contribution in [0.1, 0.15) is 48.2 Å². The van der Waals surface area contributed by atoms with Crippen molar-refractivity contribution in [1.82, 2.24) is 15.2 Å². The molecule has 1 aliphatic carbocycles. The molecule has 0 radical (unpaired) electrons. The molecule has 1 saturated heterocycles. The lowest BCUT2D eigenvalue weighted by atomic mass is 9.78. The van der Waals surface area contributed by atoms with E-state index in [2.05, 4.69) is 15.2 Å². The van der Waals surface area contributed by atoms with Crippen molar-refractivity contribution in [2.75, 3.05) is 19.6 Å². The van der Waals surface area contributed by atoms with Crippen LogP contribution in [0.3, 0.4) is 0 Å². The van der Waals surface area contributed by atoms with E-state index in [1.54, 1.807) is 6.20 Å². The van der Waals surface area contributed by atoms with Gasteiger partial charge in [-0.15, -0.1) is 0 Å². The van der Waals surface area contributed by atoms with E-state index in [1.165, 1.54) is 19.3 Å². The summed E-state index contributed by atoms with van der Waals surface area (Å²) in [6, 6.07) is 3.74. The van der Waals surface area contributed by atoms with Gasteiger partial charge < -0.3 is 10.2 Å². The Balaban J connectivity index is 1.87. The Labute approximate surface area is 120 Å². The number of carbonyl (C=O) groups is 1. The Hall–Kier alpha value is -1.42. The number of nitrogens with zero attached hydrogens (tertiary/aromatic N) is 2. The smallest absolute Gasteiger partial charge is 0.254 e. The molecular weight excluding hydrogens is 250 g/mol. The Morgan fingerprint density at radius 2 is 2.15 bits per heavy atom. The summed E-state index contributed by atoms with van der Waals surface area (Å²) in [6.07, 6.45) is 7.78. The lowest BCUT2D eigenvalue weighted by molar-refractivity contribution is 0.0222. The van der Waals surface area contributed by atoms with Crippen LogP contribution in [0.2, 0.25) is 0 Å². The van der Waals surface area contributed by atoms with Gasteiger partial charge in [0.2, 0.25) is 0 Å². The molecule has 20 heavy (non-hydrogen) atoms. The Kier molecular flexibility index (Phi) is 3.74. The SMILES string of the molecule is Cc1cc(C(=O)N2CCNCC23CCCCC3)ccn1. The molecule has 4 nitrogen and oxygen atoms in total. The highest BCUT2D eigenvalue weighted by molar-refractivity contribution is 5.94. The zero-order chi connectivity index (χ0) is 14.0. The van der Waals surface area contributed by atoms with Gasteiger partial charge >= 0.3 is 0 Å². The van der Waals surface area contributed by atoms with E-state index in [0.29, 0.717) is 0 Å². The molecule has 0 bridgehead atoms. The molecule has 1 amide bonds. The molecule has 2 fully saturated rings. The molecular formula is C16H23N3O. The number of amides is 1. The fourth-order valence-corrected chi connectivity index (χ4v) is 3.65. The number of hydrogen-bond acceptors (Lipinski definition) is 3. The number of nitrogens with one attached hydrogen (secondary N) is 1. The first-order valence-electron chi connectivity index (χ1n) is 7.67. The van der Waals surface area contributed by atoms with Crippen molar-refractivity contribution >= 4 is 5.91 Å². The summed E-state index contributed by atoms with van der Waals surface area (Å²) in [7, 11) is 0. The van der Waals surface area contributed by atoms with Gasteiger partial charge in [-0.25, -0.2) is 0 Å². The summed E-state index contributed by atoms with van der Waals surface area (Å²) in [5.74, 6) is 0.180. The molecule has 4 heteroatoms. The monoisotopic (exact) mass is 273 g/mol. The van der Waals surface area contributed by atoms with E-state index >= 15 is 0 Å². The van der Waals surface area contributed by atoms with E-state index in [1.807, 2.05) is 19.1 Å². The molecule has 1 spiro atoms. The third-order valence-corrected chi connectivity index (χ3v) is 4.71. The summed E-state index contributed by atoms with van der Waals surface area (Å²) in [4.78, 5) is 19.2. The molecule has 108 valence electrons. The Morgan fingerprint density at radius 3 is 2.90 bits per heavy atom. The second-order valence-corrected chi connectivity index (χ2v) is 6.10. The zero-order valence-electron chi connectivity index (χ0n) is 12.2. The van der Waals surface area contributed by atoms with Gasteiger partial charge in [-0.05, 0) is 31.9 Å². The first-order chi connectivity index (χ1) is 9.71. The summed E-state index contributed by atoms with van der Waals surface area (Å²) in [6.45, 7) is 4.60. The highest BCUT2D eigenvalue weighted by Gasteiger charge is 2.42. The van der Waals surface area contributed by atoms with Crippen LogP contribution in [0.15, 0.2) is 18.3 Å². The van der Waals surface area contributed by atoms with E-state index in [0.717, 1.165) is 43.7 Å². The highest BCUT2D eigenvalue weighted by Crippen LogP contribution is 2.35. The van der Waals surface area contributed by atoms with Crippen molar-refractivity contribution < 1.29 is 4.79 Å². The average molecular weight is 273 g/mol. The molecule has 1 aromatic heterocycles. The minimum Gasteiger partial charge on any atom is -0.330 e. The van der Waals surface area contributed by atoms with Crippen LogP contribution < -0.4 is 5.32 Å². The van der Waals surface area contributed by atoms with Crippen molar-refractivity contribution in [2.45, 2.75) is 44.6 Å². The van der Waals surface area contributed by atoms with Gasteiger partial charge in [0.25, 0.3) is 5.91 Å². The van der Waals surface area contributed by atoms with Gasteiger partial charge in [0, 0.05) is 37.1 Å². The van der Waals surface area contributed by atoms with Crippen LogP contribution in [0.5, 0.6) is 0 Å². The Bertz CT molecular complexity index is 486. The highest BCUT2D eigenvalue weighted by atomic mass is 16.2. The number of rotatable bonds is 1. The molecule has 0 atom stereocenters. The van der Waals surface area contributed by atoms with Gasteiger partial charge in [-0.1, -0.05) is 19.3 Å². The van der Waals surface area contributed by atoms with Crippen molar-refractivity contribution in [1.29, 1.82) is 0 Å². The van der Waals surface area contributed by atoms with E-state index in [4.69, 9.17) is 0 Å². The first kappa shape index (κ1) is 13.6. The minimum atomic E-state index is 0.0464. The van der Waals surface area contributed by atoms with Gasteiger partial charge in [-0.3, -0.25) is 9.78 Å². The van der Waals surface area contributed by atoms with Gasteiger partial charge in [-0.2, -0.15) is 0 Å². The first-order valence-corrected chi connectivity index (χ1v) is 7.67. The molecule has 2 aliphatic rings. The van der Waals surface area contributed by atoms with Crippen molar-refractivity contribution in [3.05, 3.63) is 29.6 Å². The van der Waals surface area contributed by atoms with Crippen molar-refractivity contribution in [3.8, 4) is 0 Å². The fraction of sp³-hybridized carbons (Fsp3) is 0.625. The molecule has 1 N–H and O–H groups in total. The molecule has 2 heterocycles. The maximum atomic E-state index is 12.9. The summed E-state index contributed by atoms with van der Waals surface area (Å²) in [5, 5.41) is 3.49. The van der Waals surface area contributed by atoms with Crippen LogP contribution >= 0.6 is 0 Å². The van der Waals surface area contributed by atoms with Crippen LogP contribution in [-0.4, -0.2) is 41.0 Å². The number of hydrogen-bond donors (Lipinski definition) is 1. The quantitative estimate of drug-likeness (QED) is 0.852. The molecule has 0 aromatic carbocycles. The number of pyridine rings is 1. The van der Waals surface area contributed by atoms with Crippen molar-refractivity contribution in [2.24, 2.45) is 0 Å². The predicted molar refractivity (Wildman–Crippen MR) is 78.7 cm³/mol. The molecule has 1 aliphatic heterocycles. The maximum absolute atomic E-state index is 12.9. The maximum Gasteiger partial charge on any atom is 0.254 e. The third-order valence-electron chi connectivity index (χ3n) is 4.71. The predicted octanol–water partition coefficient (Wildman–Crippen LogP) is 2.14. The van der Waals surface area contributed by atoms with Gasteiger partial charge in [0.15, 0.2) is 0 Å². The summed E-state index contributed by atoms with van der Waals surface area (Å²) in [5.41, 5.74) is 1.73. The van der Waals surface area contributed by atoms with Gasteiger partial charge in [0.05, 0.1) is 5.54 Å². The summed E-state index contributed by atoms with van der Waals surface area (Å²) >= 11 is 0. The van der Waals surface area contributed by atoms with E-state index in [-0.39, 0.29) is 11.4 Å². The lowest BCUT2D eigenvalue weighted by Gasteiger charge is -2.49. The largest absolute Gasteiger partial charge is 0.330 e. The number of aromatic nitrogens is 1. The number of aryl methyl sites for hydroxylation is 1. The van der Waals surface area contributed by atoms with Crippen LogP contribution in [0.4, 0.5) is 0 Å². The fourth-order valence-electron chi connectivity index (χ4n) is 3.65. The van der Waals surface area contributed by atoms with Crippen LogP contribution in [0, 0.1) is 6.92 Å². The summed E-state index contributed by atoms with van der Waals surface area (Å²) < 4.78 is 0. The zero-order valence-corrected chi connectivity index (χ0v) is 12.2. The van der Waals surface area contributed by atoms with Crippen molar-refractivity contribution in [3.63, 3.8) is 0 Å². The Morgan fingerprint density at radius 1 is 1.35 bits per heavy atom. The topological polar surface area (TPSA) is 45.2 Å². The number of piperazine rings is 1. The third kappa shape index (κ3) is 2.44. The average Bonchev–Trinajstić information content (AvgIpc) is 2.48. The van der Waals surface area contributed by atoms with Gasteiger partial charge in [0.1, 0.15) is 0 Å². The second kappa shape index (κ2) is 5.52. The molecule has 1 saturated carbocycles. The number of carbonyl (C=O) groups excluding carboxylic acids is 1. The van der Waals surface area contributed by atoms with Crippen LogP contribution in [0.25, 0.3) is 0 Å². The second-order valence-electron chi connectivity index (χ2n) is 6.10. The standard InChI is InChI=1S/C16H23N3O/c1-13-11-14(5-8-18-13)15(20)19-10-9-17-12-16(19)6-3-2-4-7-16/h5,8,11,17H,2-4,6-7,9-10,12H2,1H3. The normalized spacial score (nSPS) is 21.9. The molecule has 3 rings (SSSR count). The minimum absolute atomic E-state index is 0.0464. The molecule has 1 aromatic rings. The van der Waals surface area contributed by atoms with E-state index < -0.39 is 0 Å². The van der Waals surface area contributed by atoms with Crippen LogP contribution in [-0.2, 0) is 0 Å². The molecule has 0 unspecified atom stereocenters. The lowest BCUT2D eigenvalue weighted by Crippen LogP contribution is -2.63. The van der Waals surface area contributed by atoms with E-state index in [9.17, 15) is 4.79 Å².